The van der Waals surface area contributed by atoms with E-state index in [0.717, 1.165) is 29.9 Å². The molecule has 0 saturated carbocycles. The number of hydrogen-bond donors (Lipinski definition) is 2. The number of rotatable bonds is 7. The van der Waals surface area contributed by atoms with Gasteiger partial charge in [-0.1, -0.05) is 18.2 Å². The molecular weight excluding hydrogens is 400 g/mol. The van der Waals surface area contributed by atoms with Crippen molar-refractivity contribution in [2.24, 2.45) is 0 Å². The number of nitrogens with one attached hydrogen (secondary N) is 2. The predicted molar refractivity (Wildman–Crippen MR) is 125 cm³/mol. The van der Waals surface area contributed by atoms with E-state index in [0.29, 0.717) is 17.9 Å². The fourth-order valence-corrected chi connectivity index (χ4v) is 4.45. The van der Waals surface area contributed by atoms with Crippen molar-refractivity contribution in [1.29, 1.82) is 5.26 Å². The molecule has 3 aromatic rings. The van der Waals surface area contributed by atoms with Gasteiger partial charge in [0, 0.05) is 11.7 Å². The Morgan fingerprint density at radius 2 is 2.00 bits per heavy atom. The number of fused-ring (bicyclic) bond motifs is 1. The van der Waals surface area contributed by atoms with Gasteiger partial charge in [-0.25, -0.2) is 0 Å². The van der Waals surface area contributed by atoms with Gasteiger partial charge in [-0.3, -0.25) is 4.79 Å². The number of nitriles is 1. The third-order valence-electron chi connectivity index (χ3n) is 6.53. The Balaban J connectivity index is 1.45. The largest absolute Gasteiger partial charge is 0.467 e. The smallest absolute Gasteiger partial charge is 0.239 e. The van der Waals surface area contributed by atoms with Crippen LogP contribution in [0.1, 0.15) is 65.1 Å². The summed E-state index contributed by atoms with van der Waals surface area (Å²) in [5, 5.41) is 16.0. The van der Waals surface area contributed by atoms with E-state index < -0.39 is 0 Å². The van der Waals surface area contributed by atoms with E-state index in [1.54, 1.807) is 6.26 Å². The summed E-state index contributed by atoms with van der Waals surface area (Å²) in [6, 6.07) is 12.7. The molecular formula is C26H30N4O2. The monoisotopic (exact) mass is 430 g/mol. The van der Waals surface area contributed by atoms with Gasteiger partial charge < -0.3 is 19.6 Å². The fourth-order valence-electron chi connectivity index (χ4n) is 4.45. The van der Waals surface area contributed by atoms with Gasteiger partial charge in [-0.2, -0.15) is 5.26 Å². The van der Waals surface area contributed by atoms with E-state index in [4.69, 9.17) is 4.42 Å². The van der Waals surface area contributed by atoms with Gasteiger partial charge in [0.25, 0.3) is 0 Å². The van der Waals surface area contributed by atoms with Crippen molar-refractivity contribution in [1.82, 2.24) is 9.88 Å². The van der Waals surface area contributed by atoms with Crippen molar-refractivity contribution in [3.63, 3.8) is 0 Å². The van der Waals surface area contributed by atoms with E-state index in [9.17, 15) is 10.1 Å². The molecule has 0 bridgehead atoms. The zero-order valence-corrected chi connectivity index (χ0v) is 19.0. The third kappa shape index (κ3) is 4.49. The van der Waals surface area contributed by atoms with Crippen LogP contribution in [-0.2, 0) is 24.2 Å². The molecule has 6 nitrogen and oxygen atoms in total. The molecule has 1 aliphatic rings. The molecule has 0 saturated heterocycles. The highest BCUT2D eigenvalue weighted by molar-refractivity contribution is 5.93. The number of aryl methyl sites for hydroxylation is 2. The Morgan fingerprint density at radius 1 is 1.22 bits per heavy atom. The molecule has 4 rings (SSSR count). The number of hydrogen-bond acceptors (Lipinski definition) is 4. The maximum Gasteiger partial charge on any atom is 0.239 e. The van der Waals surface area contributed by atoms with Crippen LogP contribution in [0.3, 0.4) is 0 Å². The highest BCUT2D eigenvalue weighted by Gasteiger charge is 2.21. The SMILES string of the molecule is Cc1c(C#N)c(NC(=O)CN[C@@H](C)c2ccc3c(c2)CCCC3)n(Cc2ccco2)c1C. The average molecular weight is 431 g/mol. The number of benzene rings is 1. The maximum atomic E-state index is 12.8. The molecule has 2 N–H and O–H groups in total. The molecule has 1 atom stereocenters. The summed E-state index contributed by atoms with van der Waals surface area (Å²) >= 11 is 0. The van der Waals surface area contributed by atoms with Gasteiger partial charge >= 0.3 is 0 Å². The van der Waals surface area contributed by atoms with Crippen molar-refractivity contribution in [2.45, 2.75) is 59.0 Å². The molecule has 1 amide bonds. The first-order valence-electron chi connectivity index (χ1n) is 11.2. The summed E-state index contributed by atoms with van der Waals surface area (Å²) in [6.45, 7) is 6.54. The lowest BCUT2D eigenvalue weighted by molar-refractivity contribution is -0.115. The Labute approximate surface area is 189 Å². The molecule has 2 heterocycles. The van der Waals surface area contributed by atoms with Crippen LogP contribution in [0.25, 0.3) is 0 Å². The van der Waals surface area contributed by atoms with Crippen LogP contribution in [0, 0.1) is 25.2 Å². The number of anilines is 1. The Kier molecular flexibility index (Phi) is 6.48. The molecule has 0 fully saturated rings. The minimum Gasteiger partial charge on any atom is -0.467 e. The Hall–Kier alpha value is -3.30. The number of amides is 1. The van der Waals surface area contributed by atoms with Crippen molar-refractivity contribution < 1.29 is 9.21 Å². The summed E-state index contributed by atoms with van der Waals surface area (Å²) in [5.41, 5.74) is 6.38. The first kappa shape index (κ1) is 21.9. The lowest BCUT2D eigenvalue weighted by Crippen LogP contribution is -2.31. The molecule has 1 aromatic carbocycles. The quantitative estimate of drug-likeness (QED) is 0.565. The van der Waals surface area contributed by atoms with Gasteiger partial charge in [0.05, 0.1) is 24.9 Å². The summed E-state index contributed by atoms with van der Waals surface area (Å²) in [6.07, 6.45) is 6.44. The van der Waals surface area contributed by atoms with Crippen LogP contribution >= 0.6 is 0 Å². The van der Waals surface area contributed by atoms with E-state index in [2.05, 4.69) is 41.8 Å². The molecule has 0 aliphatic heterocycles. The minimum atomic E-state index is -0.176. The average Bonchev–Trinajstić information content (AvgIpc) is 3.40. The second-order valence-corrected chi connectivity index (χ2v) is 8.60. The van der Waals surface area contributed by atoms with E-state index in [-0.39, 0.29) is 18.5 Å². The van der Waals surface area contributed by atoms with Gasteiger partial charge in [-0.05, 0) is 80.8 Å². The van der Waals surface area contributed by atoms with Gasteiger partial charge in [0.2, 0.25) is 5.91 Å². The topological polar surface area (TPSA) is 83.0 Å². The van der Waals surface area contributed by atoms with Crippen molar-refractivity contribution >= 4 is 11.7 Å². The molecule has 32 heavy (non-hydrogen) atoms. The van der Waals surface area contributed by atoms with Crippen molar-refractivity contribution in [3.8, 4) is 6.07 Å². The van der Waals surface area contributed by atoms with Crippen molar-refractivity contribution in [3.05, 3.63) is 75.9 Å². The summed E-state index contributed by atoms with van der Waals surface area (Å²) in [7, 11) is 0. The van der Waals surface area contributed by atoms with Crippen molar-refractivity contribution in [2.75, 3.05) is 11.9 Å². The standard InChI is InChI=1S/C26H30N4O2/c1-17-19(3)30(16-23-9-6-12-32-23)26(24(17)14-27)29-25(31)15-28-18(2)21-11-10-20-7-4-5-8-22(20)13-21/h6,9-13,18,28H,4-5,7-8,15-16H2,1-3H3,(H,29,31)/t18-/m0/s1. The highest BCUT2D eigenvalue weighted by Crippen LogP contribution is 2.28. The van der Waals surface area contributed by atoms with Crippen LogP contribution in [-0.4, -0.2) is 17.0 Å². The lowest BCUT2D eigenvalue weighted by Gasteiger charge is -2.20. The molecule has 0 radical (unpaired) electrons. The van der Waals surface area contributed by atoms with Crippen LogP contribution in [0.5, 0.6) is 0 Å². The number of nitrogens with zero attached hydrogens (tertiary/aromatic N) is 2. The zero-order valence-electron chi connectivity index (χ0n) is 19.0. The van der Waals surface area contributed by atoms with E-state index in [1.165, 1.54) is 29.5 Å². The molecule has 0 spiro atoms. The third-order valence-corrected chi connectivity index (χ3v) is 6.53. The minimum absolute atomic E-state index is 0.0572. The summed E-state index contributed by atoms with van der Waals surface area (Å²) in [4.78, 5) is 12.8. The normalized spacial score (nSPS) is 13.9. The number of carbonyl (C=O) groups excluding carboxylic acids is 1. The summed E-state index contributed by atoms with van der Waals surface area (Å²) < 4.78 is 7.40. The fraction of sp³-hybridized carbons (Fsp3) is 0.385. The Morgan fingerprint density at radius 3 is 2.72 bits per heavy atom. The molecule has 166 valence electrons. The first-order chi connectivity index (χ1) is 15.5. The maximum absolute atomic E-state index is 12.8. The van der Waals surface area contributed by atoms with Gasteiger partial charge in [0.15, 0.2) is 0 Å². The van der Waals surface area contributed by atoms with Crippen LogP contribution in [0.15, 0.2) is 41.0 Å². The van der Waals surface area contributed by atoms with Gasteiger partial charge in [0.1, 0.15) is 17.6 Å². The predicted octanol–water partition coefficient (Wildman–Crippen LogP) is 4.79. The first-order valence-corrected chi connectivity index (χ1v) is 11.2. The number of aromatic nitrogens is 1. The lowest BCUT2D eigenvalue weighted by atomic mass is 9.89. The molecule has 2 aromatic heterocycles. The van der Waals surface area contributed by atoms with E-state index in [1.807, 2.05) is 30.5 Å². The summed E-state index contributed by atoms with van der Waals surface area (Å²) in [5.74, 6) is 1.11. The van der Waals surface area contributed by atoms with Gasteiger partial charge in [-0.15, -0.1) is 0 Å². The Bertz CT molecular complexity index is 1150. The van der Waals surface area contributed by atoms with Crippen LogP contribution < -0.4 is 10.6 Å². The van der Waals surface area contributed by atoms with Crippen LogP contribution in [0.2, 0.25) is 0 Å². The molecule has 0 unspecified atom stereocenters. The second kappa shape index (κ2) is 9.46. The zero-order chi connectivity index (χ0) is 22.7. The van der Waals surface area contributed by atoms with E-state index >= 15 is 0 Å². The highest BCUT2D eigenvalue weighted by atomic mass is 16.3. The number of furan rings is 1. The molecule has 1 aliphatic carbocycles. The number of carbonyl (C=O) groups is 1. The van der Waals surface area contributed by atoms with Crippen LogP contribution in [0.4, 0.5) is 5.82 Å². The second-order valence-electron chi connectivity index (χ2n) is 8.60. The molecule has 6 heteroatoms.